The number of para-hydroxylation sites is 1. The second-order valence-electron chi connectivity index (χ2n) is 10.9. The molecule has 210 valence electrons. The molecule has 1 unspecified atom stereocenters. The molecule has 0 spiro atoms. The molecule has 5 nitrogen and oxygen atoms in total. The number of anilines is 2. The van der Waals surface area contributed by atoms with Crippen molar-refractivity contribution < 1.29 is 4.79 Å². The zero-order valence-electron chi connectivity index (χ0n) is 24.5. The molecule has 0 bridgehead atoms. The molecule has 2 aromatic rings. The third kappa shape index (κ3) is 9.24. The predicted molar refractivity (Wildman–Crippen MR) is 165 cm³/mol. The highest BCUT2D eigenvalue weighted by molar-refractivity contribution is 6.18. The number of amidine groups is 1. The van der Waals surface area contributed by atoms with E-state index in [9.17, 15) is 4.79 Å². The van der Waals surface area contributed by atoms with E-state index in [2.05, 4.69) is 53.8 Å². The van der Waals surface area contributed by atoms with E-state index < -0.39 is 5.92 Å². The van der Waals surface area contributed by atoms with Crippen molar-refractivity contribution in [2.45, 2.75) is 104 Å². The number of benzene rings is 2. The third-order valence-electron chi connectivity index (χ3n) is 7.81. The van der Waals surface area contributed by atoms with Crippen LogP contribution >= 0.6 is 0 Å². The Morgan fingerprint density at radius 1 is 0.846 bits per heavy atom. The number of hydrogen-bond donors (Lipinski definition) is 0. The van der Waals surface area contributed by atoms with E-state index in [1.165, 1.54) is 93.3 Å². The molecule has 0 aliphatic carbocycles. The maximum Gasteiger partial charge on any atom is 0.284 e. The Bertz CT molecular complexity index is 1070. The lowest BCUT2D eigenvalue weighted by Crippen LogP contribution is -2.29. The molecule has 2 aromatic carbocycles. The molecule has 0 radical (unpaired) electrons. The number of carbonyl (C=O) groups is 1. The Hall–Kier alpha value is -3.13. The summed E-state index contributed by atoms with van der Waals surface area (Å²) in [6, 6.07) is 16.1. The number of rotatable bonds is 18. The fraction of sp³-hybridized carbons (Fsp3) is 0.559. The number of unbranched alkanes of at least 4 members (excludes halogenated alkanes) is 10. The Morgan fingerprint density at radius 3 is 2.00 bits per heavy atom. The maximum atomic E-state index is 13.3. The Kier molecular flexibility index (Phi) is 13.1. The number of hydrogen-bond acceptors (Lipinski definition) is 3. The monoisotopic (exact) mass is 528 g/mol. The number of aryl methyl sites for hydroxylation is 1. The summed E-state index contributed by atoms with van der Waals surface area (Å²) in [5.41, 5.74) is 4.28. The lowest BCUT2D eigenvalue weighted by atomic mass is 9.94. The molecule has 0 saturated carbocycles. The van der Waals surface area contributed by atoms with E-state index in [-0.39, 0.29) is 11.7 Å². The van der Waals surface area contributed by atoms with Gasteiger partial charge in [-0.3, -0.25) is 4.79 Å². The van der Waals surface area contributed by atoms with Crippen LogP contribution in [0.25, 0.3) is 4.85 Å². The highest BCUT2D eigenvalue weighted by atomic mass is 16.2. The first kappa shape index (κ1) is 30.4. The summed E-state index contributed by atoms with van der Waals surface area (Å²) in [4.78, 5) is 19.4. The molecule has 0 aromatic heterocycles. The number of nitrogens with zero attached hydrogens (tertiary/aromatic N) is 4. The first-order valence-corrected chi connectivity index (χ1v) is 15.3. The van der Waals surface area contributed by atoms with Crippen LogP contribution in [0.15, 0.2) is 53.6 Å². The van der Waals surface area contributed by atoms with Gasteiger partial charge in [0.05, 0.1) is 5.69 Å². The first-order chi connectivity index (χ1) is 19.1. The third-order valence-corrected chi connectivity index (χ3v) is 7.81. The highest BCUT2D eigenvalue weighted by Crippen LogP contribution is 2.29. The van der Waals surface area contributed by atoms with Gasteiger partial charge in [-0.2, -0.15) is 0 Å². The van der Waals surface area contributed by atoms with Gasteiger partial charge in [-0.25, -0.2) is 0 Å². The topological polar surface area (TPSA) is 40.3 Å². The summed E-state index contributed by atoms with van der Waals surface area (Å²) in [5.74, 6) is -0.377. The van der Waals surface area contributed by atoms with Crippen molar-refractivity contribution in [3.05, 3.63) is 71.1 Å². The molecule has 1 heterocycles. The molecule has 0 fully saturated rings. The lowest BCUT2D eigenvalue weighted by Gasteiger charge is -2.26. The van der Waals surface area contributed by atoms with Gasteiger partial charge in [0.15, 0.2) is 0 Å². The van der Waals surface area contributed by atoms with Crippen LogP contribution in [0.1, 0.15) is 102 Å². The molecule has 39 heavy (non-hydrogen) atoms. The van der Waals surface area contributed by atoms with Crippen LogP contribution in [0.2, 0.25) is 0 Å². The molecule has 5 heteroatoms. The smallest absolute Gasteiger partial charge is 0.284 e. The summed E-state index contributed by atoms with van der Waals surface area (Å²) < 4.78 is 0. The van der Waals surface area contributed by atoms with Crippen LogP contribution in [0, 0.1) is 19.4 Å². The van der Waals surface area contributed by atoms with Crippen molar-refractivity contribution in [1.29, 1.82) is 0 Å². The maximum absolute atomic E-state index is 13.3. The van der Waals surface area contributed by atoms with Gasteiger partial charge in [-0.05, 0) is 66.7 Å². The van der Waals surface area contributed by atoms with Gasteiger partial charge in [-0.1, -0.05) is 109 Å². The van der Waals surface area contributed by atoms with E-state index in [1.807, 2.05) is 30.3 Å². The molecule has 1 aliphatic rings. The molecule has 3 rings (SSSR count). The average molecular weight is 529 g/mol. The van der Waals surface area contributed by atoms with Gasteiger partial charge in [0.1, 0.15) is 5.92 Å². The minimum absolute atomic E-state index is 0.122. The van der Waals surface area contributed by atoms with Gasteiger partial charge in [0.25, 0.3) is 11.7 Å². The zero-order valence-corrected chi connectivity index (χ0v) is 24.5. The van der Waals surface area contributed by atoms with Crippen molar-refractivity contribution in [3.8, 4) is 0 Å². The Labute approximate surface area is 237 Å². The summed E-state index contributed by atoms with van der Waals surface area (Å²) in [7, 11) is 0. The van der Waals surface area contributed by atoms with Crippen molar-refractivity contribution in [1.82, 2.24) is 0 Å². The Balaban J connectivity index is 1.66. The van der Waals surface area contributed by atoms with Gasteiger partial charge >= 0.3 is 0 Å². The normalized spacial score (nSPS) is 14.9. The fourth-order valence-corrected chi connectivity index (χ4v) is 5.37. The van der Waals surface area contributed by atoms with Crippen molar-refractivity contribution in [2.24, 2.45) is 11.0 Å². The SMILES string of the molecule is [C-]#[N+]C1=NN(c2ccccc2)C(=O)C1Cc1ccc(N(CCCCCCCC)CCCCCCCC)cc1C. The fourth-order valence-electron chi connectivity index (χ4n) is 5.37. The summed E-state index contributed by atoms with van der Waals surface area (Å²) in [5, 5.41) is 5.76. The van der Waals surface area contributed by atoms with E-state index in [0.717, 1.165) is 18.7 Å². The van der Waals surface area contributed by atoms with Crippen molar-refractivity contribution in [3.63, 3.8) is 0 Å². The minimum atomic E-state index is -0.533. The standard InChI is InChI=1S/C34H48N4O/c1-5-7-9-11-13-18-24-37(25-19-14-12-10-8-6-2)31-23-22-29(28(3)26-31)27-32-33(35-4)36-38(34(32)39)30-20-16-15-17-21-30/h15-17,20-23,26,32H,5-14,18-19,24-25,27H2,1-3H3. The molecule has 1 aliphatic heterocycles. The molecule has 1 atom stereocenters. The van der Waals surface area contributed by atoms with E-state index in [1.54, 1.807) is 0 Å². The van der Waals surface area contributed by atoms with Gasteiger partial charge in [0, 0.05) is 18.8 Å². The van der Waals surface area contributed by atoms with Crippen LogP contribution < -0.4 is 9.91 Å². The molecule has 0 N–H and O–H groups in total. The predicted octanol–water partition coefficient (Wildman–Crippen LogP) is 8.96. The van der Waals surface area contributed by atoms with Crippen LogP contribution in [0.3, 0.4) is 0 Å². The summed E-state index contributed by atoms with van der Waals surface area (Å²) in [6.45, 7) is 16.5. The van der Waals surface area contributed by atoms with E-state index in [4.69, 9.17) is 6.57 Å². The van der Waals surface area contributed by atoms with Crippen LogP contribution in [0.5, 0.6) is 0 Å². The van der Waals surface area contributed by atoms with E-state index in [0.29, 0.717) is 12.1 Å². The number of carbonyl (C=O) groups excluding carboxylic acids is 1. The van der Waals surface area contributed by atoms with Gasteiger partial charge in [0.2, 0.25) is 0 Å². The molecule has 1 amide bonds. The van der Waals surface area contributed by atoms with Gasteiger partial charge < -0.3 is 9.74 Å². The Morgan fingerprint density at radius 2 is 1.44 bits per heavy atom. The average Bonchev–Trinajstić information content (AvgIpc) is 3.27. The molecular formula is C34H48N4O. The molecule has 0 saturated heterocycles. The van der Waals surface area contributed by atoms with Crippen LogP contribution in [-0.2, 0) is 11.2 Å². The van der Waals surface area contributed by atoms with Crippen LogP contribution in [0.4, 0.5) is 11.4 Å². The van der Waals surface area contributed by atoms with Crippen molar-refractivity contribution in [2.75, 3.05) is 23.0 Å². The van der Waals surface area contributed by atoms with Gasteiger partial charge in [-0.15, -0.1) is 5.01 Å². The quantitative estimate of drug-likeness (QED) is 0.143. The lowest BCUT2D eigenvalue weighted by molar-refractivity contribution is -0.119. The highest BCUT2D eigenvalue weighted by Gasteiger charge is 2.40. The van der Waals surface area contributed by atoms with E-state index >= 15 is 0 Å². The largest absolute Gasteiger partial charge is 0.372 e. The summed E-state index contributed by atoms with van der Waals surface area (Å²) >= 11 is 0. The number of hydrazone groups is 1. The van der Waals surface area contributed by atoms with Crippen molar-refractivity contribution >= 4 is 23.1 Å². The second kappa shape index (κ2) is 16.7. The first-order valence-electron chi connectivity index (χ1n) is 15.3. The number of amides is 1. The second-order valence-corrected chi connectivity index (χ2v) is 10.9. The summed E-state index contributed by atoms with van der Waals surface area (Å²) in [6.07, 6.45) is 16.2. The minimum Gasteiger partial charge on any atom is -0.372 e. The molecular weight excluding hydrogens is 480 g/mol. The zero-order chi connectivity index (χ0) is 27.9. The van der Waals surface area contributed by atoms with Crippen LogP contribution in [-0.4, -0.2) is 24.8 Å².